The Morgan fingerprint density at radius 3 is 2.22 bits per heavy atom. The maximum absolute atomic E-state index is 13.5. The molecule has 0 N–H and O–H groups in total. The number of rotatable bonds is 4. The zero-order valence-corrected chi connectivity index (χ0v) is 21.6. The summed E-state index contributed by atoms with van der Waals surface area (Å²) in [5.74, 6) is -0.984. The second-order valence-electron chi connectivity index (χ2n) is 10.2. The monoisotopic (exact) mass is 528 g/mol. The quantitative estimate of drug-likeness (QED) is 0.443. The largest absolute Gasteiger partial charge is 0.494 e. The van der Waals surface area contributed by atoms with E-state index in [0.717, 1.165) is 12.1 Å². The van der Waals surface area contributed by atoms with Crippen molar-refractivity contribution in [1.82, 2.24) is 4.31 Å². The SMILES string of the molecule is C[C@@H]1CN(c2ccc(F)cc2C(F)(F)F)CCN1S(=O)(=O)c1cccc(B2OC(C)(C)C(C)(C)O2)c1. The molecule has 2 saturated heterocycles. The molecule has 196 valence electrons. The van der Waals surface area contributed by atoms with Crippen molar-refractivity contribution in [3.8, 4) is 0 Å². The molecule has 0 saturated carbocycles. The average molecular weight is 528 g/mol. The summed E-state index contributed by atoms with van der Waals surface area (Å²) < 4.78 is 94.5. The summed E-state index contributed by atoms with van der Waals surface area (Å²) in [5.41, 5.74) is -1.88. The van der Waals surface area contributed by atoms with E-state index >= 15 is 0 Å². The van der Waals surface area contributed by atoms with Crippen LogP contribution in [0.1, 0.15) is 40.2 Å². The second kappa shape index (κ2) is 9.00. The molecule has 2 aromatic carbocycles. The van der Waals surface area contributed by atoms with E-state index in [1.54, 1.807) is 19.1 Å². The third-order valence-electron chi connectivity index (χ3n) is 7.16. The van der Waals surface area contributed by atoms with Crippen LogP contribution in [0.5, 0.6) is 0 Å². The summed E-state index contributed by atoms with van der Waals surface area (Å²) in [5, 5.41) is 0. The smallest absolute Gasteiger partial charge is 0.399 e. The van der Waals surface area contributed by atoms with Gasteiger partial charge >= 0.3 is 13.3 Å². The molecule has 1 atom stereocenters. The van der Waals surface area contributed by atoms with Gasteiger partial charge < -0.3 is 14.2 Å². The third kappa shape index (κ3) is 4.88. The van der Waals surface area contributed by atoms with Crippen LogP contribution in [0, 0.1) is 5.82 Å². The highest BCUT2D eigenvalue weighted by molar-refractivity contribution is 7.89. The number of hydrogen-bond acceptors (Lipinski definition) is 5. The number of benzene rings is 2. The van der Waals surface area contributed by atoms with Crippen molar-refractivity contribution in [3.05, 3.63) is 53.8 Å². The molecule has 2 aliphatic rings. The van der Waals surface area contributed by atoms with Gasteiger partial charge in [-0.25, -0.2) is 12.8 Å². The molecular weight excluding hydrogens is 499 g/mol. The fraction of sp³-hybridized carbons (Fsp3) is 0.500. The molecular formula is C24H29BF4N2O4S. The van der Waals surface area contributed by atoms with Gasteiger partial charge in [0.1, 0.15) is 5.82 Å². The first-order chi connectivity index (χ1) is 16.5. The molecule has 0 aliphatic carbocycles. The van der Waals surface area contributed by atoms with Crippen LogP contribution in [0.4, 0.5) is 23.2 Å². The molecule has 0 amide bonds. The van der Waals surface area contributed by atoms with Gasteiger partial charge in [0.2, 0.25) is 10.0 Å². The van der Waals surface area contributed by atoms with Gasteiger partial charge in [0, 0.05) is 31.4 Å². The van der Waals surface area contributed by atoms with E-state index in [9.17, 15) is 26.0 Å². The summed E-state index contributed by atoms with van der Waals surface area (Å²) >= 11 is 0. The molecule has 2 aliphatic heterocycles. The van der Waals surface area contributed by atoms with Crippen molar-refractivity contribution in [2.45, 2.75) is 62.9 Å². The van der Waals surface area contributed by atoms with Crippen LogP contribution in [0.15, 0.2) is 47.4 Å². The predicted octanol–water partition coefficient (Wildman–Crippen LogP) is 4.04. The average Bonchev–Trinajstić information content (AvgIpc) is 3.00. The number of sulfonamides is 1. The Balaban J connectivity index is 1.56. The Morgan fingerprint density at radius 2 is 1.64 bits per heavy atom. The van der Waals surface area contributed by atoms with Gasteiger partial charge in [-0.1, -0.05) is 12.1 Å². The van der Waals surface area contributed by atoms with E-state index in [-0.39, 0.29) is 30.2 Å². The van der Waals surface area contributed by atoms with E-state index in [1.807, 2.05) is 27.7 Å². The molecule has 2 aromatic rings. The molecule has 4 rings (SSSR count). The van der Waals surface area contributed by atoms with Crippen molar-refractivity contribution < 1.29 is 35.3 Å². The van der Waals surface area contributed by atoms with Gasteiger partial charge in [0.05, 0.1) is 21.7 Å². The minimum Gasteiger partial charge on any atom is -0.399 e. The molecule has 0 bridgehead atoms. The summed E-state index contributed by atoms with van der Waals surface area (Å²) in [6.45, 7) is 9.26. The maximum atomic E-state index is 13.5. The molecule has 6 nitrogen and oxygen atoms in total. The highest BCUT2D eigenvalue weighted by atomic mass is 32.2. The Hall–Kier alpha value is -2.15. The molecule has 0 spiro atoms. The van der Waals surface area contributed by atoms with E-state index in [4.69, 9.17) is 9.31 Å². The molecule has 2 fully saturated rings. The molecule has 0 unspecified atom stereocenters. The second-order valence-corrected chi connectivity index (χ2v) is 12.1. The van der Waals surface area contributed by atoms with Gasteiger partial charge in [-0.3, -0.25) is 0 Å². The van der Waals surface area contributed by atoms with Crippen molar-refractivity contribution in [2.75, 3.05) is 24.5 Å². The van der Waals surface area contributed by atoms with E-state index < -0.39 is 51.9 Å². The first-order valence-corrected chi connectivity index (χ1v) is 13.1. The highest BCUT2D eigenvalue weighted by Gasteiger charge is 2.52. The van der Waals surface area contributed by atoms with Gasteiger partial charge in [-0.15, -0.1) is 0 Å². The number of alkyl halides is 3. The lowest BCUT2D eigenvalue weighted by Gasteiger charge is -2.40. The first-order valence-electron chi connectivity index (χ1n) is 11.6. The summed E-state index contributed by atoms with van der Waals surface area (Å²) in [6, 6.07) is 8.23. The van der Waals surface area contributed by atoms with Crippen LogP contribution in [0.3, 0.4) is 0 Å². The van der Waals surface area contributed by atoms with Crippen LogP contribution in [-0.2, 0) is 25.5 Å². The minimum atomic E-state index is -4.74. The minimum absolute atomic E-state index is 0.0187. The molecule has 2 heterocycles. The van der Waals surface area contributed by atoms with Crippen molar-refractivity contribution in [2.24, 2.45) is 0 Å². The Morgan fingerprint density at radius 1 is 1.00 bits per heavy atom. The van der Waals surface area contributed by atoms with Crippen molar-refractivity contribution in [1.29, 1.82) is 0 Å². The molecule has 0 aromatic heterocycles. The van der Waals surface area contributed by atoms with Crippen LogP contribution < -0.4 is 10.4 Å². The van der Waals surface area contributed by atoms with Crippen LogP contribution >= 0.6 is 0 Å². The summed E-state index contributed by atoms with van der Waals surface area (Å²) in [6.07, 6.45) is -4.74. The summed E-state index contributed by atoms with van der Waals surface area (Å²) in [4.78, 5) is 1.49. The molecule has 12 heteroatoms. The van der Waals surface area contributed by atoms with Crippen molar-refractivity contribution >= 4 is 28.3 Å². The number of nitrogens with zero attached hydrogens (tertiary/aromatic N) is 2. The first kappa shape index (κ1) is 26.9. The lowest BCUT2D eigenvalue weighted by molar-refractivity contribution is -0.137. The van der Waals surface area contributed by atoms with Gasteiger partial charge in [0.25, 0.3) is 0 Å². The van der Waals surface area contributed by atoms with E-state index in [0.29, 0.717) is 11.5 Å². The molecule has 0 radical (unpaired) electrons. The number of anilines is 1. The zero-order chi connectivity index (χ0) is 26.7. The van der Waals surface area contributed by atoms with Crippen LogP contribution in [0.25, 0.3) is 0 Å². The number of piperazine rings is 1. The van der Waals surface area contributed by atoms with Crippen molar-refractivity contribution in [3.63, 3.8) is 0 Å². The number of halogens is 4. The lowest BCUT2D eigenvalue weighted by Crippen LogP contribution is -2.54. The van der Waals surface area contributed by atoms with Crippen LogP contribution in [0.2, 0.25) is 0 Å². The number of hydrogen-bond donors (Lipinski definition) is 0. The zero-order valence-electron chi connectivity index (χ0n) is 20.8. The maximum Gasteiger partial charge on any atom is 0.494 e. The Bertz CT molecular complexity index is 1240. The van der Waals surface area contributed by atoms with E-state index in [1.165, 1.54) is 21.3 Å². The third-order valence-corrected chi connectivity index (χ3v) is 9.17. The van der Waals surface area contributed by atoms with E-state index in [2.05, 4.69) is 0 Å². The van der Waals surface area contributed by atoms with Crippen LogP contribution in [-0.4, -0.2) is 56.7 Å². The Kier molecular flexibility index (Phi) is 6.73. The normalized spacial score (nSPS) is 22.8. The predicted molar refractivity (Wildman–Crippen MR) is 129 cm³/mol. The molecule has 36 heavy (non-hydrogen) atoms. The Labute approximate surface area is 209 Å². The van der Waals surface area contributed by atoms with Gasteiger partial charge in [-0.2, -0.15) is 17.5 Å². The fourth-order valence-corrected chi connectivity index (χ4v) is 6.13. The standard InChI is InChI=1S/C24H29BF4N2O4S/c1-16-15-30(21-10-9-18(26)14-20(21)24(27,28)29)11-12-31(16)36(32,33)19-8-6-7-17(13-19)25-34-22(2,3)23(4,5)35-25/h6-10,13-14,16H,11-12,15H2,1-5H3/t16-/m1/s1. The lowest BCUT2D eigenvalue weighted by atomic mass is 9.79. The van der Waals surface area contributed by atoms with Gasteiger partial charge in [-0.05, 0) is 70.4 Å². The van der Waals surface area contributed by atoms with Gasteiger partial charge in [0.15, 0.2) is 0 Å². The topological polar surface area (TPSA) is 59.1 Å². The summed E-state index contributed by atoms with van der Waals surface area (Å²) in [7, 11) is -4.70. The highest BCUT2D eigenvalue weighted by Crippen LogP contribution is 2.39. The fourth-order valence-electron chi connectivity index (χ4n) is 4.46.